The van der Waals surface area contributed by atoms with Crippen molar-refractivity contribution in [2.24, 2.45) is 12.1 Å². The van der Waals surface area contributed by atoms with Gasteiger partial charge in [-0.15, -0.1) is 5.10 Å². The molecule has 0 spiro atoms. The molecule has 8 heteroatoms. The molecule has 7 nitrogen and oxygen atoms in total. The fourth-order valence-electron chi connectivity index (χ4n) is 2.76. The fraction of sp³-hybridized carbons (Fsp3) is 0.111. The number of aromatic nitrogens is 3. The van der Waals surface area contributed by atoms with Gasteiger partial charge >= 0.3 is 0 Å². The molecule has 0 radical (unpaired) electrons. The first-order valence-corrected chi connectivity index (χ1v) is 8.77. The van der Waals surface area contributed by atoms with Crippen LogP contribution in [0.3, 0.4) is 0 Å². The van der Waals surface area contributed by atoms with Gasteiger partial charge in [-0.2, -0.15) is 0 Å². The van der Waals surface area contributed by atoms with Gasteiger partial charge in [0.15, 0.2) is 0 Å². The predicted octanol–water partition coefficient (Wildman–Crippen LogP) is 1.58. The van der Waals surface area contributed by atoms with Crippen molar-refractivity contribution in [3.05, 3.63) is 69.9 Å². The monoisotopic (exact) mass is 365 g/mol. The van der Waals surface area contributed by atoms with Crippen LogP contribution in [0.2, 0.25) is 0 Å². The number of nitrogens with one attached hydrogen (secondary N) is 1. The summed E-state index contributed by atoms with van der Waals surface area (Å²) in [5.74, 6) is -0.374. The summed E-state index contributed by atoms with van der Waals surface area (Å²) in [5, 5.41) is 4.20. The highest BCUT2D eigenvalue weighted by Crippen LogP contribution is 2.14. The van der Waals surface area contributed by atoms with Crippen molar-refractivity contribution < 1.29 is 4.79 Å². The molecule has 0 bridgehead atoms. The van der Waals surface area contributed by atoms with Gasteiger partial charge in [0.1, 0.15) is 6.54 Å². The topological polar surface area (TPSA) is 81.3 Å². The molecule has 4 aromatic rings. The Hall–Kier alpha value is -3.26. The Labute approximate surface area is 151 Å². The van der Waals surface area contributed by atoms with Crippen LogP contribution in [-0.4, -0.2) is 20.0 Å². The average molecular weight is 365 g/mol. The normalized spacial score (nSPS) is 12.0. The van der Waals surface area contributed by atoms with Crippen LogP contribution in [0.5, 0.6) is 0 Å². The largest absolute Gasteiger partial charge is 0.318 e. The summed E-state index contributed by atoms with van der Waals surface area (Å²) >= 11 is 1.48. The van der Waals surface area contributed by atoms with E-state index < -0.39 is 0 Å². The summed E-state index contributed by atoms with van der Waals surface area (Å²) in [7, 11) is 1.89. The summed E-state index contributed by atoms with van der Waals surface area (Å²) < 4.78 is 4.38. The van der Waals surface area contributed by atoms with Crippen LogP contribution in [0, 0.1) is 0 Å². The van der Waals surface area contributed by atoms with Gasteiger partial charge in [-0.3, -0.25) is 14.2 Å². The molecule has 0 atom stereocenters. The van der Waals surface area contributed by atoms with Crippen molar-refractivity contribution in [3.8, 4) is 0 Å². The number of nitrogens with zero attached hydrogens (tertiary/aromatic N) is 4. The summed E-state index contributed by atoms with van der Waals surface area (Å²) in [4.78, 5) is 29.2. The van der Waals surface area contributed by atoms with Crippen LogP contribution in [-0.2, 0) is 18.4 Å². The molecule has 2 heterocycles. The first-order chi connectivity index (χ1) is 12.6. The van der Waals surface area contributed by atoms with E-state index in [1.54, 1.807) is 18.2 Å². The quantitative estimate of drug-likeness (QED) is 0.560. The lowest BCUT2D eigenvalue weighted by Gasteiger charge is -2.07. The molecule has 1 N–H and O–H groups in total. The van der Waals surface area contributed by atoms with Crippen molar-refractivity contribution >= 4 is 38.5 Å². The minimum Gasteiger partial charge on any atom is -0.318 e. The molecule has 0 aliphatic rings. The number of hydrogen-bond acceptors (Lipinski definition) is 5. The second-order valence-corrected chi connectivity index (χ2v) is 6.74. The van der Waals surface area contributed by atoms with Crippen molar-refractivity contribution in [2.45, 2.75) is 6.54 Å². The van der Waals surface area contributed by atoms with Crippen molar-refractivity contribution in [2.75, 3.05) is 0 Å². The van der Waals surface area contributed by atoms with E-state index in [9.17, 15) is 9.59 Å². The van der Waals surface area contributed by atoms with E-state index in [1.807, 2.05) is 41.9 Å². The summed E-state index contributed by atoms with van der Waals surface area (Å²) in [6.45, 7) is -0.125. The van der Waals surface area contributed by atoms with E-state index in [1.165, 1.54) is 22.1 Å². The van der Waals surface area contributed by atoms with Gasteiger partial charge in [0.2, 0.25) is 4.80 Å². The van der Waals surface area contributed by atoms with Gasteiger partial charge in [0, 0.05) is 7.05 Å². The van der Waals surface area contributed by atoms with Gasteiger partial charge in [0.25, 0.3) is 11.5 Å². The number of hydrogen-bond donors (Lipinski definition) is 1. The zero-order chi connectivity index (χ0) is 18.1. The molecule has 0 aliphatic carbocycles. The Morgan fingerprint density at radius 2 is 1.88 bits per heavy atom. The molecule has 0 aliphatic heterocycles. The van der Waals surface area contributed by atoms with E-state index in [0.717, 1.165) is 10.2 Å². The maximum absolute atomic E-state index is 12.3. The number of fused-ring (bicyclic) bond motifs is 2. The maximum atomic E-state index is 12.3. The van der Waals surface area contributed by atoms with Gasteiger partial charge in [-0.1, -0.05) is 35.6 Å². The van der Waals surface area contributed by atoms with E-state index in [-0.39, 0.29) is 18.0 Å². The standard InChI is InChI=1S/C18H15N5O2S/c1-22-14-8-4-5-9-15(14)26-18(22)21-20-16(24)11-23-13-7-3-2-6-12(13)19-10-17(23)25/h2-10H,11H2,1H3,(H,20,24). The maximum Gasteiger partial charge on any atom is 0.269 e. The molecule has 0 saturated heterocycles. The molecule has 0 unspecified atom stereocenters. The van der Waals surface area contributed by atoms with Gasteiger partial charge in [-0.25, -0.2) is 10.4 Å². The second-order valence-electron chi connectivity index (χ2n) is 5.73. The van der Waals surface area contributed by atoms with Crippen LogP contribution in [0.4, 0.5) is 0 Å². The minimum atomic E-state index is -0.374. The van der Waals surface area contributed by atoms with E-state index >= 15 is 0 Å². The van der Waals surface area contributed by atoms with Crippen LogP contribution >= 0.6 is 11.3 Å². The predicted molar refractivity (Wildman–Crippen MR) is 101 cm³/mol. The Kier molecular flexibility index (Phi) is 4.10. The van der Waals surface area contributed by atoms with E-state index in [2.05, 4.69) is 15.5 Å². The molecule has 2 aromatic carbocycles. The lowest BCUT2D eigenvalue weighted by Crippen LogP contribution is -2.31. The van der Waals surface area contributed by atoms with E-state index in [0.29, 0.717) is 15.8 Å². The average Bonchev–Trinajstić information content (AvgIpc) is 2.99. The molecule has 4 rings (SSSR count). The van der Waals surface area contributed by atoms with Crippen molar-refractivity contribution in [1.29, 1.82) is 0 Å². The first kappa shape index (κ1) is 16.2. The lowest BCUT2D eigenvalue weighted by atomic mass is 10.3. The molecule has 0 fully saturated rings. The lowest BCUT2D eigenvalue weighted by molar-refractivity contribution is -0.121. The molecule has 0 saturated carbocycles. The zero-order valence-corrected chi connectivity index (χ0v) is 14.7. The molecular weight excluding hydrogens is 350 g/mol. The Morgan fingerprint density at radius 3 is 2.69 bits per heavy atom. The number of para-hydroxylation sites is 3. The SMILES string of the molecule is Cn1c(=NNC(=O)Cn2c(=O)cnc3ccccc32)sc2ccccc21. The smallest absolute Gasteiger partial charge is 0.269 e. The third kappa shape index (κ3) is 2.91. The number of amides is 1. The molecule has 130 valence electrons. The van der Waals surface area contributed by atoms with Crippen molar-refractivity contribution in [1.82, 2.24) is 19.5 Å². The third-order valence-corrected chi connectivity index (χ3v) is 5.16. The summed E-state index contributed by atoms with van der Waals surface area (Å²) in [6.07, 6.45) is 1.22. The van der Waals surface area contributed by atoms with E-state index in [4.69, 9.17) is 0 Å². The van der Waals surface area contributed by atoms with Gasteiger partial charge in [-0.05, 0) is 24.3 Å². The molecular formula is C18H15N5O2S. The number of thiazole rings is 1. The zero-order valence-electron chi connectivity index (χ0n) is 13.9. The number of aryl methyl sites for hydroxylation is 1. The molecule has 1 amide bonds. The Bertz CT molecular complexity index is 1250. The van der Waals surface area contributed by atoms with Crippen molar-refractivity contribution in [3.63, 3.8) is 0 Å². The van der Waals surface area contributed by atoms with Gasteiger partial charge < -0.3 is 4.57 Å². The summed E-state index contributed by atoms with van der Waals surface area (Å²) in [6, 6.07) is 15.1. The summed E-state index contributed by atoms with van der Waals surface area (Å²) in [5.41, 5.74) is 4.53. The van der Waals surface area contributed by atoms with Crippen LogP contribution in [0.1, 0.15) is 0 Å². The Balaban J connectivity index is 1.63. The third-order valence-electron chi connectivity index (χ3n) is 4.05. The number of carbonyl (C=O) groups excluding carboxylic acids is 1. The highest BCUT2D eigenvalue weighted by Gasteiger charge is 2.09. The number of carbonyl (C=O) groups is 1. The minimum absolute atomic E-state index is 0.125. The van der Waals surface area contributed by atoms with Gasteiger partial charge in [0.05, 0.1) is 27.4 Å². The van der Waals surface area contributed by atoms with Crippen LogP contribution in [0.25, 0.3) is 21.3 Å². The fourth-order valence-corrected chi connectivity index (χ4v) is 3.73. The van der Waals surface area contributed by atoms with Crippen LogP contribution in [0.15, 0.2) is 64.6 Å². The number of rotatable bonds is 3. The highest BCUT2D eigenvalue weighted by atomic mass is 32.1. The molecule has 26 heavy (non-hydrogen) atoms. The highest BCUT2D eigenvalue weighted by molar-refractivity contribution is 7.16. The number of benzene rings is 2. The first-order valence-electron chi connectivity index (χ1n) is 7.95. The second kappa shape index (κ2) is 6.57. The molecule has 2 aromatic heterocycles. The van der Waals surface area contributed by atoms with Crippen LogP contribution < -0.4 is 15.8 Å². The Morgan fingerprint density at radius 1 is 1.15 bits per heavy atom.